The SMILES string of the molecule is CNC(Cc1ccc2c(c1)CCC2)c1cc(C)cc(C)c1. The van der Waals surface area contributed by atoms with Crippen molar-refractivity contribution in [2.24, 2.45) is 0 Å². The first-order chi connectivity index (χ1) is 10.2. The molecule has 1 nitrogen and oxygen atoms in total. The van der Waals surface area contributed by atoms with Crippen LogP contribution in [0, 0.1) is 13.8 Å². The van der Waals surface area contributed by atoms with Crippen LogP contribution in [0.15, 0.2) is 36.4 Å². The van der Waals surface area contributed by atoms with Crippen molar-refractivity contribution in [3.63, 3.8) is 0 Å². The largest absolute Gasteiger partial charge is 0.313 e. The van der Waals surface area contributed by atoms with E-state index in [1.165, 1.54) is 41.5 Å². The molecular formula is C20H25N. The maximum Gasteiger partial charge on any atom is 0.0358 e. The molecule has 0 radical (unpaired) electrons. The topological polar surface area (TPSA) is 12.0 Å². The van der Waals surface area contributed by atoms with Gasteiger partial charge < -0.3 is 5.32 Å². The Bertz CT molecular complexity index is 622. The van der Waals surface area contributed by atoms with Crippen molar-refractivity contribution in [1.82, 2.24) is 5.32 Å². The van der Waals surface area contributed by atoms with E-state index in [2.05, 4.69) is 62.6 Å². The molecule has 1 heteroatoms. The normalized spacial score (nSPS) is 15.0. The quantitative estimate of drug-likeness (QED) is 0.880. The molecule has 1 aliphatic rings. The average molecular weight is 279 g/mol. The van der Waals surface area contributed by atoms with E-state index in [-0.39, 0.29) is 0 Å². The lowest BCUT2D eigenvalue weighted by molar-refractivity contribution is 0.591. The van der Waals surface area contributed by atoms with Crippen LogP contribution in [0.1, 0.15) is 45.8 Å². The minimum atomic E-state index is 0.392. The number of hydrogen-bond acceptors (Lipinski definition) is 1. The fraction of sp³-hybridized carbons (Fsp3) is 0.400. The summed E-state index contributed by atoms with van der Waals surface area (Å²) in [5.41, 5.74) is 8.68. The first kappa shape index (κ1) is 14.3. The summed E-state index contributed by atoms with van der Waals surface area (Å²) in [7, 11) is 2.07. The summed E-state index contributed by atoms with van der Waals surface area (Å²) in [6.07, 6.45) is 4.91. The Balaban J connectivity index is 1.84. The van der Waals surface area contributed by atoms with Gasteiger partial charge in [-0.2, -0.15) is 0 Å². The summed E-state index contributed by atoms with van der Waals surface area (Å²) in [4.78, 5) is 0. The second-order valence-electron chi connectivity index (χ2n) is 6.42. The van der Waals surface area contributed by atoms with Crippen LogP contribution >= 0.6 is 0 Å². The molecule has 1 N–H and O–H groups in total. The van der Waals surface area contributed by atoms with Gasteiger partial charge in [-0.3, -0.25) is 0 Å². The lowest BCUT2D eigenvalue weighted by Crippen LogP contribution is -2.19. The zero-order chi connectivity index (χ0) is 14.8. The van der Waals surface area contributed by atoms with Crippen LogP contribution in [0.3, 0.4) is 0 Å². The van der Waals surface area contributed by atoms with Crippen molar-refractivity contribution in [2.45, 2.75) is 45.6 Å². The first-order valence-corrected chi connectivity index (χ1v) is 8.02. The highest BCUT2D eigenvalue weighted by Gasteiger charge is 2.14. The van der Waals surface area contributed by atoms with E-state index in [0.717, 1.165) is 6.42 Å². The Morgan fingerprint density at radius 2 is 1.67 bits per heavy atom. The van der Waals surface area contributed by atoms with Gasteiger partial charge in [0.05, 0.1) is 0 Å². The Labute approximate surface area is 128 Å². The molecule has 0 spiro atoms. The highest BCUT2D eigenvalue weighted by molar-refractivity contribution is 5.37. The predicted octanol–water partition coefficient (Wildman–Crippen LogP) is 4.30. The lowest BCUT2D eigenvalue weighted by Gasteiger charge is -2.19. The van der Waals surface area contributed by atoms with Gasteiger partial charge in [-0.25, -0.2) is 0 Å². The number of likely N-dealkylation sites (N-methyl/N-ethyl adjacent to an activating group) is 1. The third-order valence-electron chi connectivity index (χ3n) is 4.60. The van der Waals surface area contributed by atoms with Crippen LogP contribution in [0.5, 0.6) is 0 Å². The van der Waals surface area contributed by atoms with Gasteiger partial charge in [-0.05, 0) is 68.8 Å². The van der Waals surface area contributed by atoms with E-state index in [9.17, 15) is 0 Å². The summed E-state index contributed by atoms with van der Waals surface area (Å²) in [5, 5.41) is 3.49. The Kier molecular flexibility index (Phi) is 4.12. The molecule has 0 saturated carbocycles. The van der Waals surface area contributed by atoms with E-state index in [1.54, 1.807) is 11.1 Å². The first-order valence-electron chi connectivity index (χ1n) is 8.02. The van der Waals surface area contributed by atoms with E-state index in [0.29, 0.717) is 6.04 Å². The summed E-state index contributed by atoms with van der Waals surface area (Å²) >= 11 is 0. The number of rotatable bonds is 4. The highest BCUT2D eigenvalue weighted by atomic mass is 14.9. The molecule has 1 unspecified atom stereocenters. The van der Waals surface area contributed by atoms with Crippen LogP contribution in [0.4, 0.5) is 0 Å². The number of hydrogen-bond donors (Lipinski definition) is 1. The minimum Gasteiger partial charge on any atom is -0.313 e. The van der Waals surface area contributed by atoms with E-state index in [1.807, 2.05) is 0 Å². The van der Waals surface area contributed by atoms with E-state index >= 15 is 0 Å². The number of fused-ring (bicyclic) bond motifs is 1. The summed E-state index contributed by atoms with van der Waals surface area (Å²) in [5.74, 6) is 0. The minimum absolute atomic E-state index is 0.392. The van der Waals surface area contributed by atoms with Crippen molar-refractivity contribution in [3.8, 4) is 0 Å². The third-order valence-corrected chi connectivity index (χ3v) is 4.60. The molecule has 2 aromatic carbocycles. The fourth-order valence-electron chi connectivity index (χ4n) is 3.59. The molecule has 0 bridgehead atoms. The Morgan fingerprint density at radius 1 is 0.952 bits per heavy atom. The van der Waals surface area contributed by atoms with Gasteiger partial charge in [0.25, 0.3) is 0 Å². The van der Waals surface area contributed by atoms with Gasteiger partial charge in [0, 0.05) is 6.04 Å². The van der Waals surface area contributed by atoms with Crippen LogP contribution in [0.25, 0.3) is 0 Å². The molecule has 0 aromatic heterocycles. The maximum absolute atomic E-state index is 3.49. The van der Waals surface area contributed by atoms with E-state index < -0.39 is 0 Å². The van der Waals surface area contributed by atoms with E-state index in [4.69, 9.17) is 0 Å². The monoisotopic (exact) mass is 279 g/mol. The van der Waals surface area contributed by atoms with Crippen LogP contribution < -0.4 is 5.32 Å². The summed E-state index contributed by atoms with van der Waals surface area (Å²) in [6.45, 7) is 4.36. The van der Waals surface area contributed by atoms with Crippen molar-refractivity contribution >= 4 is 0 Å². The zero-order valence-corrected chi connectivity index (χ0v) is 13.4. The maximum atomic E-state index is 3.49. The molecule has 0 amide bonds. The molecule has 0 aliphatic heterocycles. The molecule has 0 saturated heterocycles. The highest BCUT2D eigenvalue weighted by Crippen LogP contribution is 2.26. The standard InChI is InChI=1S/C20H25N/c1-14-9-15(2)11-19(10-14)20(21-3)13-16-7-8-17-5-4-6-18(17)12-16/h7-12,20-21H,4-6,13H2,1-3H3. The Morgan fingerprint density at radius 3 is 2.38 bits per heavy atom. The molecule has 0 heterocycles. The number of benzene rings is 2. The molecule has 0 fully saturated rings. The van der Waals surface area contributed by atoms with Crippen molar-refractivity contribution in [1.29, 1.82) is 0 Å². The molecule has 3 rings (SSSR count). The van der Waals surface area contributed by atoms with Gasteiger partial charge in [0.15, 0.2) is 0 Å². The Hall–Kier alpha value is -1.60. The molecular weight excluding hydrogens is 254 g/mol. The fourth-order valence-corrected chi connectivity index (χ4v) is 3.59. The van der Waals surface area contributed by atoms with Crippen LogP contribution in [-0.4, -0.2) is 7.05 Å². The van der Waals surface area contributed by atoms with Gasteiger partial charge in [-0.1, -0.05) is 47.5 Å². The molecule has 21 heavy (non-hydrogen) atoms. The molecule has 1 aliphatic carbocycles. The third kappa shape index (κ3) is 3.19. The number of nitrogens with one attached hydrogen (secondary N) is 1. The van der Waals surface area contributed by atoms with Gasteiger partial charge in [0.2, 0.25) is 0 Å². The molecule has 1 atom stereocenters. The second kappa shape index (κ2) is 6.03. The van der Waals surface area contributed by atoms with Crippen molar-refractivity contribution in [2.75, 3.05) is 7.05 Å². The van der Waals surface area contributed by atoms with Crippen LogP contribution in [0.2, 0.25) is 0 Å². The zero-order valence-electron chi connectivity index (χ0n) is 13.4. The summed E-state index contributed by atoms with van der Waals surface area (Å²) < 4.78 is 0. The predicted molar refractivity (Wildman–Crippen MR) is 89.9 cm³/mol. The molecule has 110 valence electrons. The van der Waals surface area contributed by atoms with Crippen molar-refractivity contribution < 1.29 is 0 Å². The number of aryl methyl sites for hydroxylation is 4. The van der Waals surface area contributed by atoms with Gasteiger partial charge in [-0.15, -0.1) is 0 Å². The van der Waals surface area contributed by atoms with Crippen LogP contribution in [-0.2, 0) is 19.3 Å². The van der Waals surface area contributed by atoms with Gasteiger partial charge >= 0.3 is 0 Å². The summed E-state index contributed by atoms with van der Waals surface area (Å²) in [6, 6.07) is 14.3. The lowest BCUT2D eigenvalue weighted by atomic mass is 9.94. The average Bonchev–Trinajstić information content (AvgIpc) is 2.91. The van der Waals surface area contributed by atoms with Gasteiger partial charge in [0.1, 0.15) is 0 Å². The molecule has 2 aromatic rings. The smallest absolute Gasteiger partial charge is 0.0358 e. The van der Waals surface area contributed by atoms with Crippen molar-refractivity contribution in [3.05, 3.63) is 69.8 Å². The second-order valence-corrected chi connectivity index (χ2v) is 6.42.